The number of carbonyl (C=O) groups excluding carboxylic acids is 1. The van der Waals surface area contributed by atoms with Crippen molar-refractivity contribution in [2.75, 3.05) is 66.0 Å². The van der Waals surface area contributed by atoms with Gasteiger partial charge in [0.25, 0.3) is 0 Å². The van der Waals surface area contributed by atoms with Crippen molar-refractivity contribution >= 4 is 5.91 Å². The lowest BCUT2D eigenvalue weighted by Crippen LogP contribution is -2.44. The van der Waals surface area contributed by atoms with Gasteiger partial charge in [-0.15, -0.1) is 0 Å². The van der Waals surface area contributed by atoms with Crippen molar-refractivity contribution in [2.45, 2.75) is 13.2 Å². The Balaban J connectivity index is 2.51. The van der Waals surface area contributed by atoms with Crippen molar-refractivity contribution in [3.05, 3.63) is 12.7 Å². The van der Waals surface area contributed by atoms with E-state index >= 15 is 0 Å². The Morgan fingerprint density at radius 3 is 2.00 bits per heavy atom. The fraction of sp³-hybridized carbons (Fsp3) is 0.800. The summed E-state index contributed by atoms with van der Waals surface area (Å²) in [5.74, 6) is -0.181. The van der Waals surface area contributed by atoms with E-state index in [9.17, 15) is 4.79 Å². The SMILES string of the molecule is C=CC(=O)N(CC)C1COCCOCCOCCOCCO1. The molecular weight excluding hydrogens is 290 g/mol. The van der Waals surface area contributed by atoms with Crippen molar-refractivity contribution in [2.24, 2.45) is 0 Å². The summed E-state index contributed by atoms with van der Waals surface area (Å²) in [7, 11) is 0. The van der Waals surface area contributed by atoms with E-state index in [0.717, 1.165) is 0 Å². The molecule has 0 aromatic heterocycles. The van der Waals surface area contributed by atoms with Gasteiger partial charge in [-0.05, 0) is 13.0 Å². The van der Waals surface area contributed by atoms with Gasteiger partial charge in [-0.3, -0.25) is 4.79 Å². The van der Waals surface area contributed by atoms with Crippen LogP contribution in [0.4, 0.5) is 0 Å². The first-order chi connectivity index (χ1) is 10.8. The first kappa shape index (κ1) is 19.1. The molecule has 1 heterocycles. The monoisotopic (exact) mass is 317 g/mol. The van der Waals surface area contributed by atoms with E-state index in [4.69, 9.17) is 23.7 Å². The smallest absolute Gasteiger partial charge is 0.248 e. The van der Waals surface area contributed by atoms with Gasteiger partial charge in [-0.1, -0.05) is 6.58 Å². The van der Waals surface area contributed by atoms with E-state index < -0.39 is 6.23 Å². The fourth-order valence-corrected chi connectivity index (χ4v) is 1.93. The molecule has 1 saturated heterocycles. The summed E-state index contributed by atoms with van der Waals surface area (Å²) >= 11 is 0. The van der Waals surface area contributed by atoms with Crippen LogP contribution in [-0.4, -0.2) is 83.0 Å². The second-order valence-electron chi connectivity index (χ2n) is 4.57. The van der Waals surface area contributed by atoms with E-state index in [2.05, 4.69) is 6.58 Å². The van der Waals surface area contributed by atoms with Crippen LogP contribution in [0.5, 0.6) is 0 Å². The lowest BCUT2D eigenvalue weighted by Gasteiger charge is -2.29. The number of carbonyl (C=O) groups is 1. The molecule has 0 radical (unpaired) electrons. The van der Waals surface area contributed by atoms with E-state index in [0.29, 0.717) is 59.4 Å². The maximum atomic E-state index is 11.9. The highest BCUT2D eigenvalue weighted by Crippen LogP contribution is 2.05. The summed E-state index contributed by atoms with van der Waals surface area (Å²) in [6.07, 6.45) is 0.819. The average Bonchev–Trinajstić information content (AvgIpc) is 2.55. The minimum atomic E-state index is -0.458. The van der Waals surface area contributed by atoms with Crippen LogP contribution in [0.3, 0.4) is 0 Å². The van der Waals surface area contributed by atoms with E-state index in [1.165, 1.54) is 6.08 Å². The Morgan fingerprint density at radius 1 is 1.00 bits per heavy atom. The van der Waals surface area contributed by atoms with Gasteiger partial charge in [-0.25, -0.2) is 0 Å². The Kier molecular flexibility index (Phi) is 10.9. The highest BCUT2D eigenvalue weighted by molar-refractivity contribution is 5.87. The van der Waals surface area contributed by atoms with Crippen LogP contribution < -0.4 is 0 Å². The van der Waals surface area contributed by atoms with Crippen LogP contribution in [0.2, 0.25) is 0 Å². The number of likely N-dealkylation sites (N-methyl/N-ethyl adjacent to an activating group) is 1. The first-order valence-electron chi connectivity index (χ1n) is 7.65. The summed E-state index contributed by atoms with van der Waals surface area (Å²) < 4.78 is 27.4. The number of ether oxygens (including phenoxy) is 5. The molecule has 1 aliphatic rings. The number of nitrogens with zero attached hydrogens (tertiary/aromatic N) is 1. The molecule has 1 aliphatic heterocycles. The third-order valence-electron chi connectivity index (χ3n) is 3.06. The molecule has 1 fully saturated rings. The molecule has 7 nitrogen and oxygen atoms in total. The number of hydrogen-bond donors (Lipinski definition) is 0. The lowest BCUT2D eigenvalue weighted by molar-refractivity contribution is -0.151. The van der Waals surface area contributed by atoms with Gasteiger partial charge in [0.05, 0.1) is 59.5 Å². The van der Waals surface area contributed by atoms with Gasteiger partial charge in [0.2, 0.25) is 5.91 Å². The summed E-state index contributed by atoms with van der Waals surface area (Å²) in [5, 5.41) is 0. The highest BCUT2D eigenvalue weighted by atomic mass is 16.6. The molecule has 1 rings (SSSR count). The zero-order valence-electron chi connectivity index (χ0n) is 13.3. The molecule has 7 heteroatoms. The van der Waals surface area contributed by atoms with Gasteiger partial charge in [-0.2, -0.15) is 0 Å². The second kappa shape index (κ2) is 12.5. The van der Waals surface area contributed by atoms with Crippen molar-refractivity contribution in [3.63, 3.8) is 0 Å². The van der Waals surface area contributed by atoms with Gasteiger partial charge in [0.1, 0.15) is 0 Å². The molecule has 1 amide bonds. The largest absolute Gasteiger partial charge is 0.377 e. The molecule has 0 N–H and O–H groups in total. The maximum Gasteiger partial charge on any atom is 0.248 e. The van der Waals surface area contributed by atoms with Crippen LogP contribution in [0.1, 0.15) is 6.92 Å². The molecule has 128 valence electrons. The zero-order chi connectivity index (χ0) is 16.0. The molecule has 0 aliphatic carbocycles. The quantitative estimate of drug-likeness (QED) is 0.704. The van der Waals surface area contributed by atoms with Crippen LogP contribution in [-0.2, 0) is 28.5 Å². The Morgan fingerprint density at radius 2 is 1.50 bits per heavy atom. The van der Waals surface area contributed by atoms with Crippen molar-refractivity contribution in [1.29, 1.82) is 0 Å². The highest BCUT2D eigenvalue weighted by Gasteiger charge is 2.21. The van der Waals surface area contributed by atoms with Crippen molar-refractivity contribution in [3.8, 4) is 0 Å². The van der Waals surface area contributed by atoms with E-state index in [-0.39, 0.29) is 12.5 Å². The van der Waals surface area contributed by atoms with E-state index in [1.807, 2.05) is 6.92 Å². The van der Waals surface area contributed by atoms with Crippen molar-refractivity contribution < 1.29 is 28.5 Å². The summed E-state index contributed by atoms with van der Waals surface area (Å²) in [5.41, 5.74) is 0. The van der Waals surface area contributed by atoms with Crippen LogP contribution >= 0.6 is 0 Å². The summed E-state index contributed by atoms with van der Waals surface area (Å²) in [6, 6.07) is 0. The summed E-state index contributed by atoms with van der Waals surface area (Å²) in [6.45, 7) is 10.0. The van der Waals surface area contributed by atoms with Crippen LogP contribution in [0, 0.1) is 0 Å². The normalized spacial score (nSPS) is 23.0. The molecule has 0 bridgehead atoms. The van der Waals surface area contributed by atoms with Crippen LogP contribution in [0.15, 0.2) is 12.7 Å². The Hall–Kier alpha value is -0.990. The summed E-state index contributed by atoms with van der Waals surface area (Å²) in [4.78, 5) is 13.4. The predicted octanol–water partition coefficient (Wildman–Crippen LogP) is 0.444. The molecule has 1 unspecified atom stereocenters. The van der Waals surface area contributed by atoms with Gasteiger partial charge >= 0.3 is 0 Å². The number of rotatable bonds is 3. The third kappa shape index (κ3) is 7.86. The third-order valence-corrected chi connectivity index (χ3v) is 3.06. The topological polar surface area (TPSA) is 66.5 Å². The van der Waals surface area contributed by atoms with Gasteiger partial charge < -0.3 is 28.6 Å². The van der Waals surface area contributed by atoms with Gasteiger partial charge in [0.15, 0.2) is 6.23 Å². The first-order valence-corrected chi connectivity index (χ1v) is 7.65. The average molecular weight is 317 g/mol. The molecular formula is C15H27NO6. The standard InChI is InChI=1S/C15H27NO6/c1-3-14(17)16(4-2)15-13-21-10-9-19-6-5-18-7-8-20-11-12-22-15/h3,15H,1,4-13H2,2H3. The van der Waals surface area contributed by atoms with Gasteiger partial charge in [0, 0.05) is 6.54 Å². The molecule has 0 saturated carbocycles. The molecule has 0 spiro atoms. The number of hydrogen-bond acceptors (Lipinski definition) is 6. The minimum Gasteiger partial charge on any atom is -0.377 e. The molecule has 1 atom stereocenters. The second-order valence-corrected chi connectivity index (χ2v) is 4.57. The molecule has 22 heavy (non-hydrogen) atoms. The zero-order valence-corrected chi connectivity index (χ0v) is 13.3. The Labute approximate surface area is 132 Å². The maximum absolute atomic E-state index is 11.9. The Bertz CT molecular complexity index is 296. The van der Waals surface area contributed by atoms with E-state index in [1.54, 1.807) is 4.90 Å². The fourth-order valence-electron chi connectivity index (χ4n) is 1.93. The lowest BCUT2D eigenvalue weighted by atomic mass is 10.4. The molecule has 0 aromatic carbocycles. The number of amides is 1. The minimum absolute atomic E-state index is 0.181. The van der Waals surface area contributed by atoms with Crippen LogP contribution in [0.25, 0.3) is 0 Å². The molecule has 0 aromatic rings. The van der Waals surface area contributed by atoms with Crippen molar-refractivity contribution in [1.82, 2.24) is 4.90 Å². The predicted molar refractivity (Wildman–Crippen MR) is 80.6 cm³/mol.